The summed E-state index contributed by atoms with van der Waals surface area (Å²) in [7, 11) is 3.29. The Balaban J connectivity index is 2.15. The molecule has 3 aromatic rings. The van der Waals surface area contributed by atoms with E-state index >= 15 is 0 Å². The molecule has 21 heavy (non-hydrogen) atoms. The number of methoxy groups -OCH3 is 2. The van der Waals surface area contributed by atoms with E-state index in [0.29, 0.717) is 11.5 Å². The van der Waals surface area contributed by atoms with Crippen LogP contribution in [0.25, 0.3) is 10.8 Å². The van der Waals surface area contributed by atoms with Gasteiger partial charge in [-0.2, -0.15) is 0 Å². The van der Waals surface area contributed by atoms with E-state index in [9.17, 15) is 0 Å². The summed E-state index contributed by atoms with van der Waals surface area (Å²) in [5.74, 6) is 2.88. The number of ether oxygens (including phenoxy) is 3. The fourth-order valence-electron chi connectivity index (χ4n) is 2.36. The maximum absolute atomic E-state index is 5.93. The van der Waals surface area contributed by atoms with Gasteiger partial charge in [-0.3, -0.25) is 0 Å². The molecule has 0 saturated heterocycles. The van der Waals surface area contributed by atoms with Crippen LogP contribution in [-0.4, -0.2) is 14.2 Å². The van der Waals surface area contributed by atoms with Gasteiger partial charge in [0.1, 0.15) is 11.5 Å². The fraction of sp³-hybridized carbons (Fsp3) is 0.111. The first-order valence-electron chi connectivity index (χ1n) is 6.70. The second-order valence-corrected chi connectivity index (χ2v) is 4.57. The van der Waals surface area contributed by atoms with Crippen molar-refractivity contribution < 1.29 is 14.2 Å². The number of hydrogen-bond acceptors (Lipinski definition) is 3. The van der Waals surface area contributed by atoms with Gasteiger partial charge in [-0.05, 0) is 29.7 Å². The summed E-state index contributed by atoms with van der Waals surface area (Å²) < 4.78 is 16.9. The highest BCUT2D eigenvalue weighted by molar-refractivity contribution is 5.96. The van der Waals surface area contributed by atoms with Crippen molar-refractivity contribution in [1.82, 2.24) is 0 Å². The largest absolute Gasteiger partial charge is 0.496 e. The van der Waals surface area contributed by atoms with Crippen LogP contribution in [-0.2, 0) is 0 Å². The number of fused-ring (bicyclic) bond motifs is 1. The molecule has 0 radical (unpaired) electrons. The van der Waals surface area contributed by atoms with Crippen molar-refractivity contribution in [2.24, 2.45) is 0 Å². The molecule has 0 aliphatic rings. The summed E-state index contributed by atoms with van der Waals surface area (Å²) in [5, 5.41) is 1.96. The molecule has 0 aliphatic carbocycles. The van der Waals surface area contributed by atoms with Gasteiger partial charge in [-0.25, -0.2) is 0 Å². The predicted molar refractivity (Wildman–Crippen MR) is 83.6 cm³/mol. The normalized spacial score (nSPS) is 10.4. The third-order valence-electron chi connectivity index (χ3n) is 3.32. The number of para-hydroxylation sites is 1. The summed E-state index contributed by atoms with van der Waals surface area (Å²) >= 11 is 0. The first-order valence-corrected chi connectivity index (χ1v) is 6.70. The molecule has 0 fully saturated rings. The molecule has 0 heterocycles. The van der Waals surface area contributed by atoms with Gasteiger partial charge < -0.3 is 14.2 Å². The van der Waals surface area contributed by atoms with E-state index < -0.39 is 0 Å². The van der Waals surface area contributed by atoms with E-state index in [1.807, 2.05) is 60.7 Å². The van der Waals surface area contributed by atoms with E-state index in [0.717, 1.165) is 22.3 Å². The minimum absolute atomic E-state index is 0.667. The zero-order valence-corrected chi connectivity index (χ0v) is 12.0. The van der Waals surface area contributed by atoms with Crippen molar-refractivity contribution in [3.63, 3.8) is 0 Å². The Morgan fingerprint density at radius 3 is 2.19 bits per heavy atom. The Morgan fingerprint density at radius 1 is 0.667 bits per heavy atom. The first-order chi connectivity index (χ1) is 10.3. The van der Waals surface area contributed by atoms with E-state index in [4.69, 9.17) is 14.2 Å². The lowest BCUT2D eigenvalue weighted by Crippen LogP contribution is -1.93. The molecule has 3 heteroatoms. The van der Waals surface area contributed by atoms with Crippen molar-refractivity contribution in [2.75, 3.05) is 14.2 Å². The third-order valence-corrected chi connectivity index (χ3v) is 3.32. The minimum Gasteiger partial charge on any atom is -0.496 e. The molecule has 0 atom stereocenters. The average Bonchev–Trinajstić information content (AvgIpc) is 2.55. The molecule has 0 aromatic heterocycles. The smallest absolute Gasteiger partial charge is 0.172 e. The summed E-state index contributed by atoms with van der Waals surface area (Å²) in [4.78, 5) is 0. The highest BCUT2D eigenvalue weighted by Crippen LogP contribution is 2.42. The van der Waals surface area contributed by atoms with Crippen LogP contribution in [0.4, 0.5) is 0 Å². The molecule has 0 unspecified atom stereocenters. The second kappa shape index (κ2) is 5.75. The first kappa shape index (κ1) is 13.3. The quantitative estimate of drug-likeness (QED) is 0.696. The predicted octanol–water partition coefficient (Wildman–Crippen LogP) is 4.65. The second-order valence-electron chi connectivity index (χ2n) is 4.57. The van der Waals surface area contributed by atoms with Crippen LogP contribution in [0.5, 0.6) is 23.0 Å². The number of hydrogen-bond donors (Lipinski definition) is 0. The molecule has 0 N–H and O–H groups in total. The van der Waals surface area contributed by atoms with Gasteiger partial charge in [0, 0.05) is 0 Å². The monoisotopic (exact) mass is 280 g/mol. The molecular weight excluding hydrogens is 264 g/mol. The average molecular weight is 280 g/mol. The molecule has 3 rings (SSSR count). The Hall–Kier alpha value is -2.68. The summed E-state index contributed by atoms with van der Waals surface area (Å²) in [6.45, 7) is 0. The Bertz CT molecular complexity index is 751. The standard InChI is InChI=1S/C18H16O3/c1-19-15-10-6-7-13-11-12-16(18(20-2)17(13)15)21-14-8-4-3-5-9-14/h3-12H,1-2H3. The number of benzene rings is 3. The SMILES string of the molecule is COc1cccc2ccc(Oc3ccccc3)c(OC)c12. The summed E-state index contributed by atoms with van der Waals surface area (Å²) in [6.07, 6.45) is 0. The Morgan fingerprint density at radius 2 is 1.48 bits per heavy atom. The van der Waals surface area contributed by atoms with Crippen molar-refractivity contribution >= 4 is 10.8 Å². The van der Waals surface area contributed by atoms with Crippen LogP contribution in [0.2, 0.25) is 0 Å². The lowest BCUT2D eigenvalue weighted by atomic mass is 10.1. The topological polar surface area (TPSA) is 27.7 Å². The third kappa shape index (κ3) is 2.50. The molecular formula is C18H16O3. The van der Waals surface area contributed by atoms with Crippen molar-refractivity contribution in [2.45, 2.75) is 0 Å². The maximum atomic E-state index is 5.93. The van der Waals surface area contributed by atoms with Crippen LogP contribution in [0.15, 0.2) is 60.7 Å². The molecule has 0 saturated carbocycles. The molecule has 0 spiro atoms. The molecule has 0 aliphatic heterocycles. The summed E-state index contributed by atoms with van der Waals surface area (Å²) in [6, 6.07) is 19.4. The molecule has 106 valence electrons. The van der Waals surface area contributed by atoms with Gasteiger partial charge in [-0.1, -0.05) is 36.4 Å². The lowest BCUT2D eigenvalue weighted by molar-refractivity contribution is 0.378. The van der Waals surface area contributed by atoms with Gasteiger partial charge in [-0.15, -0.1) is 0 Å². The summed E-state index contributed by atoms with van der Waals surface area (Å²) in [5.41, 5.74) is 0. The van der Waals surface area contributed by atoms with Crippen LogP contribution < -0.4 is 14.2 Å². The molecule has 0 amide bonds. The lowest BCUT2D eigenvalue weighted by Gasteiger charge is -2.14. The minimum atomic E-state index is 0.667. The van der Waals surface area contributed by atoms with E-state index in [1.54, 1.807) is 14.2 Å². The van der Waals surface area contributed by atoms with Gasteiger partial charge in [0.15, 0.2) is 11.5 Å². The van der Waals surface area contributed by atoms with E-state index in [1.165, 1.54) is 0 Å². The zero-order chi connectivity index (χ0) is 14.7. The number of rotatable bonds is 4. The van der Waals surface area contributed by atoms with Crippen LogP contribution >= 0.6 is 0 Å². The van der Waals surface area contributed by atoms with E-state index in [-0.39, 0.29) is 0 Å². The zero-order valence-electron chi connectivity index (χ0n) is 12.0. The van der Waals surface area contributed by atoms with Crippen molar-refractivity contribution in [3.8, 4) is 23.0 Å². The van der Waals surface area contributed by atoms with Crippen molar-refractivity contribution in [1.29, 1.82) is 0 Å². The van der Waals surface area contributed by atoms with Gasteiger partial charge in [0.2, 0.25) is 0 Å². The fourth-order valence-corrected chi connectivity index (χ4v) is 2.36. The van der Waals surface area contributed by atoms with Crippen LogP contribution in [0.3, 0.4) is 0 Å². The Kier molecular flexibility index (Phi) is 3.65. The van der Waals surface area contributed by atoms with Gasteiger partial charge >= 0.3 is 0 Å². The van der Waals surface area contributed by atoms with Gasteiger partial charge in [0.25, 0.3) is 0 Å². The molecule has 3 nitrogen and oxygen atoms in total. The van der Waals surface area contributed by atoms with Crippen LogP contribution in [0.1, 0.15) is 0 Å². The van der Waals surface area contributed by atoms with Gasteiger partial charge in [0.05, 0.1) is 19.6 Å². The van der Waals surface area contributed by atoms with Crippen LogP contribution in [0, 0.1) is 0 Å². The molecule has 3 aromatic carbocycles. The molecule has 0 bridgehead atoms. The highest BCUT2D eigenvalue weighted by atomic mass is 16.5. The van der Waals surface area contributed by atoms with Crippen molar-refractivity contribution in [3.05, 3.63) is 60.7 Å². The highest BCUT2D eigenvalue weighted by Gasteiger charge is 2.14. The maximum Gasteiger partial charge on any atom is 0.172 e. The van der Waals surface area contributed by atoms with E-state index in [2.05, 4.69) is 0 Å². The Labute approximate surface area is 123 Å².